The second-order valence-electron chi connectivity index (χ2n) is 4.37. The van der Waals surface area contributed by atoms with E-state index >= 15 is 0 Å². The van der Waals surface area contributed by atoms with E-state index in [2.05, 4.69) is 42.1 Å². The number of carbonyl (C=O) groups excluding carboxylic acids is 1. The highest BCUT2D eigenvalue weighted by Crippen LogP contribution is 2.20. The fourth-order valence-corrected chi connectivity index (χ4v) is 4.21. The van der Waals surface area contributed by atoms with E-state index in [1.54, 1.807) is 0 Å². The van der Waals surface area contributed by atoms with Crippen molar-refractivity contribution in [2.75, 3.05) is 37.7 Å². The average Bonchev–Trinajstić information content (AvgIpc) is 2.38. The molecule has 1 saturated heterocycles. The smallest absolute Gasteiger partial charge is 0.251 e. The molecule has 1 heterocycles. The van der Waals surface area contributed by atoms with Crippen LogP contribution in [-0.4, -0.2) is 48.5 Å². The van der Waals surface area contributed by atoms with Gasteiger partial charge >= 0.3 is 0 Å². The first-order valence-electron chi connectivity index (χ1n) is 6.19. The summed E-state index contributed by atoms with van der Waals surface area (Å²) >= 11 is 8.78. The maximum atomic E-state index is 12.0. The van der Waals surface area contributed by atoms with Crippen LogP contribution in [-0.2, 0) is 0 Å². The third kappa shape index (κ3) is 5.10. The van der Waals surface area contributed by atoms with Crippen molar-refractivity contribution >= 4 is 49.5 Å². The lowest BCUT2D eigenvalue weighted by Crippen LogP contribution is -2.39. The number of thioether (sulfide) groups is 1. The van der Waals surface area contributed by atoms with Crippen LogP contribution in [0.1, 0.15) is 10.4 Å². The quantitative estimate of drug-likeness (QED) is 0.832. The molecule has 0 aliphatic carbocycles. The van der Waals surface area contributed by atoms with Crippen molar-refractivity contribution in [3.8, 4) is 0 Å². The molecule has 19 heavy (non-hydrogen) atoms. The Morgan fingerprint density at radius 1 is 1.21 bits per heavy atom. The fraction of sp³-hybridized carbons (Fsp3) is 0.462. The monoisotopic (exact) mass is 406 g/mol. The van der Waals surface area contributed by atoms with E-state index in [9.17, 15) is 4.79 Å². The molecule has 0 unspecified atom stereocenters. The normalized spacial score (nSPS) is 16.3. The molecule has 0 spiro atoms. The lowest BCUT2D eigenvalue weighted by molar-refractivity contribution is 0.0949. The number of nitrogens with zero attached hydrogens (tertiary/aromatic N) is 1. The Balaban J connectivity index is 1.80. The zero-order valence-electron chi connectivity index (χ0n) is 10.5. The number of amides is 1. The van der Waals surface area contributed by atoms with Crippen molar-refractivity contribution in [1.82, 2.24) is 10.2 Å². The summed E-state index contributed by atoms with van der Waals surface area (Å²) in [6.07, 6.45) is 0. The summed E-state index contributed by atoms with van der Waals surface area (Å²) in [7, 11) is 0. The first-order valence-corrected chi connectivity index (χ1v) is 8.93. The molecule has 1 fully saturated rings. The summed E-state index contributed by atoms with van der Waals surface area (Å²) in [5, 5.41) is 2.97. The van der Waals surface area contributed by atoms with Crippen molar-refractivity contribution < 1.29 is 4.79 Å². The van der Waals surface area contributed by atoms with Gasteiger partial charge in [0, 0.05) is 52.2 Å². The summed E-state index contributed by atoms with van der Waals surface area (Å²) in [6, 6.07) is 5.58. The first-order chi connectivity index (χ1) is 9.15. The molecule has 1 aliphatic heterocycles. The largest absolute Gasteiger partial charge is 0.351 e. The molecule has 0 radical (unpaired) electrons. The van der Waals surface area contributed by atoms with Crippen molar-refractivity contribution in [1.29, 1.82) is 0 Å². The number of nitrogens with one attached hydrogen (secondary N) is 1. The third-order valence-corrected chi connectivity index (χ3v) is 4.80. The predicted octanol–water partition coefficient (Wildman–Crippen LogP) is 2.99. The topological polar surface area (TPSA) is 32.3 Å². The SMILES string of the molecule is O=C(NCCN1CCSCC1)c1cc(Br)cc(Br)c1. The van der Waals surface area contributed by atoms with Gasteiger partial charge in [-0.05, 0) is 18.2 Å². The summed E-state index contributed by atoms with van der Waals surface area (Å²) in [4.78, 5) is 14.4. The maximum Gasteiger partial charge on any atom is 0.251 e. The molecule has 6 heteroatoms. The van der Waals surface area contributed by atoms with E-state index in [1.165, 1.54) is 11.5 Å². The van der Waals surface area contributed by atoms with E-state index in [0.29, 0.717) is 12.1 Å². The lowest BCUT2D eigenvalue weighted by Gasteiger charge is -2.26. The summed E-state index contributed by atoms with van der Waals surface area (Å²) in [5.74, 6) is 2.38. The molecular formula is C13H16Br2N2OS. The third-order valence-electron chi connectivity index (χ3n) is 2.94. The van der Waals surface area contributed by atoms with Gasteiger partial charge in [0.15, 0.2) is 0 Å². The van der Waals surface area contributed by atoms with Gasteiger partial charge in [0.1, 0.15) is 0 Å². The van der Waals surface area contributed by atoms with Crippen LogP contribution in [0.4, 0.5) is 0 Å². The van der Waals surface area contributed by atoms with Gasteiger partial charge in [0.2, 0.25) is 0 Å². The lowest BCUT2D eigenvalue weighted by atomic mass is 10.2. The van der Waals surface area contributed by atoms with Crippen molar-refractivity contribution in [3.05, 3.63) is 32.7 Å². The van der Waals surface area contributed by atoms with Crippen LogP contribution in [0.5, 0.6) is 0 Å². The van der Waals surface area contributed by atoms with Crippen LogP contribution in [0.25, 0.3) is 0 Å². The Kier molecular flexibility index (Phi) is 6.19. The molecule has 1 aromatic carbocycles. The number of hydrogen-bond acceptors (Lipinski definition) is 3. The summed E-state index contributed by atoms with van der Waals surface area (Å²) in [5.41, 5.74) is 0.676. The Morgan fingerprint density at radius 3 is 2.47 bits per heavy atom. The number of hydrogen-bond donors (Lipinski definition) is 1. The Morgan fingerprint density at radius 2 is 1.84 bits per heavy atom. The highest BCUT2D eigenvalue weighted by Gasteiger charge is 2.11. The van der Waals surface area contributed by atoms with E-state index < -0.39 is 0 Å². The summed E-state index contributed by atoms with van der Waals surface area (Å²) in [6.45, 7) is 3.89. The second-order valence-corrected chi connectivity index (χ2v) is 7.42. The molecule has 1 aromatic rings. The molecule has 0 aromatic heterocycles. The van der Waals surface area contributed by atoms with Gasteiger partial charge in [-0.25, -0.2) is 0 Å². The van der Waals surface area contributed by atoms with Gasteiger partial charge in [-0.2, -0.15) is 11.8 Å². The minimum Gasteiger partial charge on any atom is -0.351 e. The van der Waals surface area contributed by atoms with Crippen LogP contribution in [0.15, 0.2) is 27.1 Å². The molecule has 2 rings (SSSR count). The number of carbonyl (C=O) groups is 1. The van der Waals surface area contributed by atoms with Gasteiger partial charge < -0.3 is 5.32 Å². The molecule has 104 valence electrons. The Bertz CT molecular complexity index is 430. The van der Waals surface area contributed by atoms with E-state index in [0.717, 1.165) is 28.6 Å². The zero-order chi connectivity index (χ0) is 13.7. The molecule has 0 saturated carbocycles. The van der Waals surface area contributed by atoms with Gasteiger partial charge in [-0.1, -0.05) is 31.9 Å². The highest BCUT2D eigenvalue weighted by atomic mass is 79.9. The van der Waals surface area contributed by atoms with E-state index in [-0.39, 0.29) is 5.91 Å². The number of halogens is 2. The molecular weight excluding hydrogens is 392 g/mol. The van der Waals surface area contributed by atoms with Crippen LogP contribution in [0, 0.1) is 0 Å². The minimum absolute atomic E-state index is 0.0200. The van der Waals surface area contributed by atoms with Gasteiger partial charge in [0.05, 0.1) is 0 Å². The molecule has 1 amide bonds. The van der Waals surface area contributed by atoms with Crippen LogP contribution < -0.4 is 5.32 Å². The maximum absolute atomic E-state index is 12.0. The van der Waals surface area contributed by atoms with Crippen molar-refractivity contribution in [2.45, 2.75) is 0 Å². The molecule has 0 atom stereocenters. The predicted molar refractivity (Wildman–Crippen MR) is 87.9 cm³/mol. The molecule has 3 nitrogen and oxygen atoms in total. The average molecular weight is 408 g/mol. The minimum atomic E-state index is -0.0200. The number of benzene rings is 1. The molecule has 0 bridgehead atoms. The molecule has 1 aliphatic rings. The zero-order valence-corrected chi connectivity index (χ0v) is 14.5. The van der Waals surface area contributed by atoms with Gasteiger partial charge in [0.25, 0.3) is 5.91 Å². The van der Waals surface area contributed by atoms with E-state index in [4.69, 9.17) is 0 Å². The summed E-state index contributed by atoms with van der Waals surface area (Å²) < 4.78 is 1.81. The highest BCUT2D eigenvalue weighted by molar-refractivity contribution is 9.11. The van der Waals surface area contributed by atoms with Gasteiger partial charge in [-0.3, -0.25) is 9.69 Å². The Labute approximate surface area is 134 Å². The standard InChI is InChI=1S/C13H16Br2N2OS/c14-11-7-10(8-12(15)9-11)13(18)16-1-2-17-3-5-19-6-4-17/h7-9H,1-6H2,(H,16,18). The van der Waals surface area contributed by atoms with Crippen LogP contribution >= 0.6 is 43.6 Å². The number of rotatable bonds is 4. The van der Waals surface area contributed by atoms with Crippen molar-refractivity contribution in [3.63, 3.8) is 0 Å². The van der Waals surface area contributed by atoms with Crippen LogP contribution in [0.2, 0.25) is 0 Å². The Hall–Kier alpha value is -0.0400. The van der Waals surface area contributed by atoms with Gasteiger partial charge in [-0.15, -0.1) is 0 Å². The van der Waals surface area contributed by atoms with E-state index in [1.807, 2.05) is 30.0 Å². The second kappa shape index (κ2) is 7.67. The fourth-order valence-electron chi connectivity index (χ4n) is 1.94. The van der Waals surface area contributed by atoms with Crippen molar-refractivity contribution in [2.24, 2.45) is 0 Å². The molecule has 1 N–H and O–H groups in total. The van der Waals surface area contributed by atoms with Crippen LogP contribution in [0.3, 0.4) is 0 Å². The first kappa shape index (κ1) is 15.4.